The average molecular weight is 503 g/mol. The number of hydrogen-bond acceptors (Lipinski definition) is 4. The van der Waals surface area contributed by atoms with Gasteiger partial charge in [-0.05, 0) is 69.5 Å². The summed E-state index contributed by atoms with van der Waals surface area (Å²) in [4.78, 5) is 29.7. The first kappa shape index (κ1) is 28.4. The molecular weight excluding hydrogens is 452 g/mol. The van der Waals surface area contributed by atoms with E-state index in [1.54, 1.807) is 18.3 Å². The molecule has 3 aliphatic rings. The van der Waals surface area contributed by atoms with E-state index < -0.39 is 0 Å². The third-order valence-electron chi connectivity index (χ3n) is 8.58. The van der Waals surface area contributed by atoms with Gasteiger partial charge < -0.3 is 9.80 Å². The summed E-state index contributed by atoms with van der Waals surface area (Å²) in [5, 5.41) is 1.97. The minimum Gasteiger partial charge on any atom is -0.343 e. The van der Waals surface area contributed by atoms with Gasteiger partial charge in [-0.15, -0.1) is 11.3 Å². The van der Waals surface area contributed by atoms with Crippen LogP contribution >= 0.6 is 11.3 Å². The fourth-order valence-corrected chi connectivity index (χ4v) is 7.17. The molecule has 3 fully saturated rings. The lowest BCUT2D eigenvalue weighted by Gasteiger charge is -2.33. The smallest absolute Gasteiger partial charge is 0.223 e. The third kappa shape index (κ3) is 9.31. The molecule has 4 nitrogen and oxygen atoms in total. The summed E-state index contributed by atoms with van der Waals surface area (Å²) in [6, 6.07) is 2.05. The topological polar surface area (TPSA) is 40.6 Å². The van der Waals surface area contributed by atoms with Crippen LogP contribution in [0.15, 0.2) is 11.4 Å². The summed E-state index contributed by atoms with van der Waals surface area (Å²) in [7, 11) is 0. The molecule has 1 saturated carbocycles. The maximum Gasteiger partial charge on any atom is 0.223 e. The van der Waals surface area contributed by atoms with Crippen LogP contribution in [0.3, 0.4) is 0 Å². The van der Waals surface area contributed by atoms with Crippen LogP contribution in [0.1, 0.15) is 125 Å². The van der Waals surface area contributed by atoms with Crippen molar-refractivity contribution < 1.29 is 9.59 Å². The van der Waals surface area contributed by atoms with Gasteiger partial charge in [0, 0.05) is 41.9 Å². The van der Waals surface area contributed by atoms with Crippen molar-refractivity contribution in [1.29, 1.82) is 0 Å². The predicted octanol–water partition coefficient (Wildman–Crippen LogP) is 7.54. The first-order chi connectivity index (χ1) is 17.0. The molecular formula is C30H50N2O2S. The van der Waals surface area contributed by atoms with E-state index in [4.69, 9.17) is 0 Å². The number of unbranched alkanes of at least 4 members (excludes halogenated alkanes) is 1. The predicted molar refractivity (Wildman–Crippen MR) is 148 cm³/mol. The molecule has 0 aromatic carbocycles. The highest BCUT2D eigenvalue weighted by Crippen LogP contribution is 2.33. The molecule has 35 heavy (non-hydrogen) atoms. The molecule has 1 aromatic heterocycles. The largest absolute Gasteiger partial charge is 0.343 e. The molecule has 3 heterocycles. The summed E-state index contributed by atoms with van der Waals surface area (Å²) in [5.41, 5.74) is 0.829. The molecule has 1 amide bonds. The van der Waals surface area contributed by atoms with Crippen LogP contribution in [0.25, 0.3) is 0 Å². The zero-order valence-corrected chi connectivity index (χ0v) is 23.6. The monoisotopic (exact) mass is 502 g/mol. The van der Waals surface area contributed by atoms with E-state index in [2.05, 4.69) is 18.7 Å². The molecule has 0 bridgehead atoms. The van der Waals surface area contributed by atoms with E-state index in [1.807, 2.05) is 16.3 Å². The number of amides is 1. The molecule has 4 rings (SSSR count). The quantitative estimate of drug-likeness (QED) is 0.345. The molecule has 2 atom stereocenters. The number of likely N-dealkylation sites (tertiary alicyclic amines) is 2. The lowest BCUT2D eigenvalue weighted by molar-refractivity contribution is -0.132. The van der Waals surface area contributed by atoms with Gasteiger partial charge in [-0.1, -0.05) is 65.2 Å². The number of nitrogens with zero attached hydrogens (tertiary/aromatic N) is 2. The van der Waals surface area contributed by atoms with E-state index in [1.165, 1.54) is 69.1 Å². The van der Waals surface area contributed by atoms with Gasteiger partial charge in [-0.3, -0.25) is 9.59 Å². The van der Waals surface area contributed by atoms with Gasteiger partial charge in [0.2, 0.25) is 5.91 Å². The minimum absolute atomic E-state index is 0.142. The molecule has 198 valence electrons. The molecule has 1 aliphatic carbocycles. The van der Waals surface area contributed by atoms with Crippen molar-refractivity contribution in [3.05, 3.63) is 21.9 Å². The Morgan fingerprint density at radius 2 is 1.69 bits per heavy atom. The molecule has 2 saturated heterocycles. The van der Waals surface area contributed by atoms with Crippen LogP contribution < -0.4 is 0 Å². The Balaban J connectivity index is 0.000000261. The summed E-state index contributed by atoms with van der Waals surface area (Å²) in [5.74, 6) is 3.06. The first-order valence-corrected chi connectivity index (χ1v) is 15.4. The van der Waals surface area contributed by atoms with Gasteiger partial charge in [0.15, 0.2) is 5.78 Å². The van der Waals surface area contributed by atoms with Gasteiger partial charge in [0.25, 0.3) is 0 Å². The van der Waals surface area contributed by atoms with Crippen molar-refractivity contribution in [1.82, 2.24) is 9.80 Å². The Bertz CT molecular complexity index is 762. The number of rotatable bonds is 8. The SMILES string of the molecule is CC(=O)c1csc(C2CCN(C(=O)CCN3CCCCC3)CC2)c1.CCCCC1CCCCC1C. The van der Waals surface area contributed by atoms with Gasteiger partial charge in [-0.2, -0.15) is 0 Å². The maximum absolute atomic E-state index is 12.4. The molecule has 2 aliphatic heterocycles. The number of ketones is 1. The highest BCUT2D eigenvalue weighted by molar-refractivity contribution is 7.10. The second-order valence-electron chi connectivity index (χ2n) is 11.3. The summed E-state index contributed by atoms with van der Waals surface area (Å²) < 4.78 is 0. The number of Topliss-reactive ketones (excluding diaryl/α,β-unsaturated/α-hetero) is 1. The van der Waals surface area contributed by atoms with Gasteiger partial charge in [0.1, 0.15) is 0 Å². The zero-order chi connectivity index (χ0) is 25.0. The number of carbonyl (C=O) groups excluding carboxylic acids is 2. The Morgan fingerprint density at radius 1 is 0.971 bits per heavy atom. The average Bonchev–Trinajstić information content (AvgIpc) is 3.39. The minimum atomic E-state index is 0.142. The third-order valence-corrected chi connectivity index (χ3v) is 9.68. The second-order valence-corrected chi connectivity index (χ2v) is 12.2. The van der Waals surface area contributed by atoms with Crippen molar-refractivity contribution in [3.8, 4) is 0 Å². The molecule has 2 unspecified atom stereocenters. The van der Waals surface area contributed by atoms with Crippen molar-refractivity contribution >= 4 is 23.0 Å². The lowest BCUT2D eigenvalue weighted by atomic mass is 9.78. The first-order valence-electron chi connectivity index (χ1n) is 14.6. The highest BCUT2D eigenvalue weighted by atomic mass is 32.1. The van der Waals surface area contributed by atoms with Gasteiger partial charge >= 0.3 is 0 Å². The summed E-state index contributed by atoms with van der Waals surface area (Å²) in [6.07, 6.45) is 16.9. The van der Waals surface area contributed by atoms with Gasteiger partial charge in [-0.25, -0.2) is 0 Å². The molecule has 0 spiro atoms. The van der Waals surface area contributed by atoms with Crippen molar-refractivity contribution in [2.75, 3.05) is 32.7 Å². The van der Waals surface area contributed by atoms with Crippen LogP contribution in [0.5, 0.6) is 0 Å². The number of piperidine rings is 2. The van der Waals surface area contributed by atoms with Gasteiger partial charge in [0.05, 0.1) is 0 Å². The van der Waals surface area contributed by atoms with E-state index >= 15 is 0 Å². The normalized spacial score (nSPS) is 24.0. The standard InChI is InChI=1S/C19H28N2O2S.C11H22/c1-15(22)17-13-18(24-14-17)16-5-11-21(12-6-16)19(23)7-10-20-8-3-2-4-9-20;1-3-4-8-11-9-6-5-7-10(11)2/h13-14,16H,2-12H2,1H3;10-11H,3-9H2,1-2H3. The van der Waals surface area contributed by atoms with E-state index in [0.29, 0.717) is 18.2 Å². The van der Waals surface area contributed by atoms with E-state index in [0.717, 1.165) is 63.0 Å². The van der Waals surface area contributed by atoms with Crippen LogP contribution in [0.4, 0.5) is 0 Å². The van der Waals surface area contributed by atoms with E-state index in [9.17, 15) is 9.59 Å². The Hall–Kier alpha value is -1.20. The Labute approximate surface area is 218 Å². The summed E-state index contributed by atoms with van der Waals surface area (Å²) in [6.45, 7) is 11.3. The molecule has 5 heteroatoms. The second kappa shape index (κ2) is 15.1. The number of carbonyl (C=O) groups is 2. The number of hydrogen-bond donors (Lipinski definition) is 0. The lowest BCUT2D eigenvalue weighted by Crippen LogP contribution is -2.40. The fourth-order valence-electron chi connectivity index (χ4n) is 6.05. The van der Waals surface area contributed by atoms with Crippen LogP contribution in [-0.2, 0) is 4.79 Å². The Kier molecular flexibility index (Phi) is 12.3. The molecule has 0 N–H and O–H groups in total. The fraction of sp³-hybridized carbons (Fsp3) is 0.800. The van der Waals surface area contributed by atoms with Crippen LogP contribution in [0, 0.1) is 11.8 Å². The van der Waals surface area contributed by atoms with Crippen LogP contribution in [-0.4, -0.2) is 54.2 Å². The molecule has 0 radical (unpaired) electrons. The maximum atomic E-state index is 12.4. The summed E-state index contributed by atoms with van der Waals surface area (Å²) >= 11 is 1.69. The van der Waals surface area contributed by atoms with Crippen molar-refractivity contribution in [3.63, 3.8) is 0 Å². The van der Waals surface area contributed by atoms with Crippen LogP contribution in [0.2, 0.25) is 0 Å². The van der Waals surface area contributed by atoms with E-state index in [-0.39, 0.29) is 5.78 Å². The van der Waals surface area contributed by atoms with Crippen molar-refractivity contribution in [2.24, 2.45) is 11.8 Å². The van der Waals surface area contributed by atoms with Crippen molar-refractivity contribution in [2.45, 2.75) is 110 Å². The highest BCUT2D eigenvalue weighted by Gasteiger charge is 2.25. The molecule has 1 aromatic rings. The Morgan fingerprint density at radius 3 is 2.31 bits per heavy atom. The number of thiophene rings is 1. The zero-order valence-electron chi connectivity index (χ0n) is 22.7.